The first kappa shape index (κ1) is 12.6. The van der Waals surface area contributed by atoms with Gasteiger partial charge in [-0.15, -0.1) is 6.58 Å². The van der Waals surface area contributed by atoms with Gasteiger partial charge in [0, 0.05) is 6.42 Å². The van der Waals surface area contributed by atoms with Crippen molar-refractivity contribution in [2.45, 2.75) is 18.6 Å². The lowest BCUT2D eigenvalue weighted by Crippen LogP contribution is -2.18. The van der Waals surface area contributed by atoms with Gasteiger partial charge in [0.15, 0.2) is 0 Å². The molecule has 1 aromatic carbocycles. The van der Waals surface area contributed by atoms with E-state index in [0.717, 1.165) is 0 Å². The van der Waals surface area contributed by atoms with Gasteiger partial charge in [-0.3, -0.25) is 0 Å². The normalized spacial score (nSPS) is 21.8. The van der Waals surface area contributed by atoms with Gasteiger partial charge >= 0.3 is 5.97 Å². The molecule has 0 unspecified atom stereocenters. The third kappa shape index (κ3) is 3.31. The van der Waals surface area contributed by atoms with E-state index < -0.39 is 0 Å². The van der Waals surface area contributed by atoms with Crippen LogP contribution in [-0.4, -0.2) is 24.8 Å². The summed E-state index contributed by atoms with van der Waals surface area (Å²) in [6.07, 6.45) is 5.98. The Morgan fingerprint density at radius 3 is 2.72 bits per heavy atom. The van der Waals surface area contributed by atoms with Crippen molar-refractivity contribution >= 4 is 5.97 Å². The van der Waals surface area contributed by atoms with Crippen LogP contribution in [0.1, 0.15) is 16.8 Å². The lowest BCUT2D eigenvalue weighted by atomic mass is 10.2. The van der Waals surface area contributed by atoms with E-state index in [1.165, 1.54) is 0 Å². The fraction of sp³-hybridized carbons (Fsp3) is 0.267. The summed E-state index contributed by atoms with van der Waals surface area (Å²) >= 11 is 0. The minimum absolute atomic E-state index is 0.0107. The van der Waals surface area contributed by atoms with Gasteiger partial charge in [-0.05, 0) is 18.2 Å². The molecule has 2 atom stereocenters. The maximum Gasteiger partial charge on any atom is 0.338 e. The van der Waals surface area contributed by atoms with Crippen molar-refractivity contribution in [3.05, 3.63) is 60.7 Å². The second-order valence-corrected chi connectivity index (χ2v) is 4.09. The molecule has 0 heterocycles. The Bertz CT molecular complexity index is 436. The predicted molar refractivity (Wildman–Crippen MR) is 69.3 cm³/mol. The number of hydrogen-bond acceptors (Lipinski definition) is 3. The van der Waals surface area contributed by atoms with Crippen LogP contribution in [-0.2, 0) is 9.47 Å². The summed E-state index contributed by atoms with van der Waals surface area (Å²) in [6, 6.07) is 8.99. The van der Waals surface area contributed by atoms with E-state index in [1.807, 2.05) is 30.4 Å². The molecule has 0 fully saturated rings. The largest absolute Gasteiger partial charge is 0.454 e. The fourth-order valence-corrected chi connectivity index (χ4v) is 1.82. The van der Waals surface area contributed by atoms with Crippen LogP contribution in [0.4, 0.5) is 0 Å². The number of carbonyl (C=O) groups is 1. The molecule has 1 aromatic rings. The summed E-state index contributed by atoms with van der Waals surface area (Å²) < 4.78 is 10.8. The molecule has 0 bridgehead atoms. The number of ether oxygens (including phenoxy) is 2. The zero-order chi connectivity index (χ0) is 12.8. The van der Waals surface area contributed by atoms with Crippen LogP contribution in [0.3, 0.4) is 0 Å². The molecule has 0 aliphatic heterocycles. The van der Waals surface area contributed by atoms with Crippen molar-refractivity contribution in [1.29, 1.82) is 0 Å². The first-order valence-electron chi connectivity index (χ1n) is 5.96. The minimum atomic E-state index is -0.297. The second kappa shape index (κ2) is 6.17. The third-order valence-corrected chi connectivity index (χ3v) is 2.70. The average molecular weight is 244 g/mol. The Hall–Kier alpha value is -1.87. The molecule has 1 aliphatic rings. The maximum atomic E-state index is 11.8. The first-order valence-corrected chi connectivity index (χ1v) is 5.96. The van der Waals surface area contributed by atoms with E-state index in [9.17, 15) is 4.79 Å². The number of hydrogen-bond donors (Lipinski definition) is 0. The molecule has 0 radical (unpaired) electrons. The van der Waals surface area contributed by atoms with Crippen LogP contribution in [0.5, 0.6) is 0 Å². The second-order valence-electron chi connectivity index (χ2n) is 4.09. The molecule has 0 aromatic heterocycles. The van der Waals surface area contributed by atoms with Crippen molar-refractivity contribution in [2.24, 2.45) is 0 Å². The summed E-state index contributed by atoms with van der Waals surface area (Å²) in [4.78, 5) is 11.8. The van der Waals surface area contributed by atoms with E-state index in [4.69, 9.17) is 9.47 Å². The van der Waals surface area contributed by atoms with Crippen LogP contribution >= 0.6 is 0 Å². The zero-order valence-corrected chi connectivity index (χ0v) is 10.1. The Morgan fingerprint density at radius 2 is 2.00 bits per heavy atom. The zero-order valence-electron chi connectivity index (χ0n) is 10.1. The van der Waals surface area contributed by atoms with E-state index in [-0.39, 0.29) is 18.2 Å². The number of esters is 1. The van der Waals surface area contributed by atoms with Crippen LogP contribution in [0.15, 0.2) is 55.1 Å². The maximum absolute atomic E-state index is 11.8. The summed E-state index contributed by atoms with van der Waals surface area (Å²) in [5, 5.41) is 0. The van der Waals surface area contributed by atoms with Crippen molar-refractivity contribution < 1.29 is 14.3 Å². The number of rotatable bonds is 5. The minimum Gasteiger partial charge on any atom is -0.454 e. The molecular weight excluding hydrogens is 228 g/mol. The smallest absolute Gasteiger partial charge is 0.338 e. The van der Waals surface area contributed by atoms with Crippen LogP contribution in [0.2, 0.25) is 0 Å². The standard InChI is InChI=1S/C15H16O3/c1-2-10-17-13-8-9-14(11-13)18-15(16)12-6-4-3-5-7-12/h2-9,13-14H,1,10-11H2/t13-,14-/m1/s1. The predicted octanol–water partition coefficient (Wildman–Crippen LogP) is 2.74. The van der Waals surface area contributed by atoms with E-state index >= 15 is 0 Å². The van der Waals surface area contributed by atoms with E-state index in [0.29, 0.717) is 18.6 Å². The Labute approximate surface area is 107 Å². The van der Waals surface area contributed by atoms with Gasteiger partial charge in [-0.2, -0.15) is 0 Å². The number of benzene rings is 1. The molecule has 0 saturated carbocycles. The highest BCUT2D eigenvalue weighted by atomic mass is 16.5. The molecule has 2 rings (SSSR count). The first-order chi connectivity index (χ1) is 8.79. The molecule has 94 valence electrons. The van der Waals surface area contributed by atoms with Crippen LogP contribution in [0, 0.1) is 0 Å². The third-order valence-electron chi connectivity index (χ3n) is 2.70. The highest BCUT2D eigenvalue weighted by molar-refractivity contribution is 5.89. The van der Waals surface area contributed by atoms with E-state index in [2.05, 4.69) is 6.58 Å². The SMILES string of the molecule is C=CCO[C@@H]1C=C[C@@H](OC(=O)c2ccccc2)C1. The van der Waals surface area contributed by atoms with Gasteiger partial charge in [-0.1, -0.05) is 30.4 Å². The molecule has 18 heavy (non-hydrogen) atoms. The van der Waals surface area contributed by atoms with Crippen LogP contribution in [0.25, 0.3) is 0 Å². The lowest BCUT2D eigenvalue weighted by molar-refractivity contribution is 0.0287. The monoisotopic (exact) mass is 244 g/mol. The van der Waals surface area contributed by atoms with Gasteiger partial charge in [0.05, 0.1) is 18.3 Å². The van der Waals surface area contributed by atoms with E-state index in [1.54, 1.807) is 18.2 Å². The van der Waals surface area contributed by atoms with Gasteiger partial charge in [0.2, 0.25) is 0 Å². The molecule has 0 N–H and O–H groups in total. The van der Waals surface area contributed by atoms with Crippen molar-refractivity contribution in [2.75, 3.05) is 6.61 Å². The Morgan fingerprint density at radius 1 is 1.28 bits per heavy atom. The Balaban J connectivity index is 1.83. The van der Waals surface area contributed by atoms with Gasteiger partial charge in [0.1, 0.15) is 6.10 Å². The van der Waals surface area contributed by atoms with Gasteiger partial charge in [-0.25, -0.2) is 4.79 Å². The number of carbonyl (C=O) groups excluding carboxylic acids is 1. The van der Waals surface area contributed by atoms with Gasteiger partial charge < -0.3 is 9.47 Å². The fourth-order valence-electron chi connectivity index (χ4n) is 1.82. The quantitative estimate of drug-likeness (QED) is 0.590. The van der Waals surface area contributed by atoms with Crippen LogP contribution < -0.4 is 0 Å². The summed E-state index contributed by atoms with van der Waals surface area (Å²) in [5.74, 6) is -0.297. The Kier molecular flexibility index (Phi) is 4.31. The lowest BCUT2D eigenvalue weighted by Gasteiger charge is -2.13. The summed E-state index contributed by atoms with van der Waals surface area (Å²) in [7, 11) is 0. The van der Waals surface area contributed by atoms with Crippen molar-refractivity contribution in [1.82, 2.24) is 0 Å². The highest BCUT2D eigenvalue weighted by Crippen LogP contribution is 2.18. The topological polar surface area (TPSA) is 35.5 Å². The highest BCUT2D eigenvalue weighted by Gasteiger charge is 2.22. The summed E-state index contributed by atoms with van der Waals surface area (Å²) in [6.45, 7) is 4.10. The summed E-state index contributed by atoms with van der Waals surface area (Å²) in [5.41, 5.74) is 0.571. The molecule has 0 spiro atoms. The molecule has 3 nitrogen and oxygen atoms in total. The van der Waals surface area contributed by atoms with Gasteiger partial charge in [0.25, 0.3) is 0 Å². The van der Waals surface area contributed by atoms with Crippen molar-refractivity contribution in [3.8, 4) is 0 Å². The molecule has 1 aliphatic carbocycles. The van der Waals surface area contributed by atoms with Crippen molar-refractivity contribution in [3.63, 3.8) is 0 Å². The molecule has 0 saturated heterocycles. The molecular formula is C15H16O3. The average Bonchev–Trinajstić information content (AvgIpc) is 2.85. The molecule has 3 heteroatoms. The molecule has 0 amide bonds.